The lowest BCUT2D eigenvalue weighted by Crippen LogP contribution is -2.41. The second-order valence-corrected chi connectivity index (χ2v) is 5.89. The smallest absolute Gasteiger partial charge is 0.181 e. The van der Waals surface area contributed by atoms with E-state index in [1.54, 1.807) is 18.2 Å². The van der Waals surface area contributed by atoms with E-state index in [9.17, 15) is 4.79 Å². The summed E-state index contributed by atoms with van der Waals surface area (Å²) >= 11 is 11.9. The molecule has 0 heterocycles. The molecule has 0 spiro atoms. The average molecular weight is 311 g/mol. The third-order valence-electron chi connectivity index (χ3n) is 3.57. The summed E-state index contributed by atoms with van der Waals surface area (Å²) in [6.07, 6.45) is 2.62. The molecule has 0 radical (unpaired) electrons. The summed E-state index contributed by atoms with van der Waals surface area (Å²) in [5, 5.41) is 9.63. The van der Waals surface area contributed by atoms with Crippen LogP contribution in [0.2, 0.25) is 10.0 Å². The summed E-state index contributed by atoms with van der Waals surface area (Å²) in [6, 6.07) is 7.21. The predicted molar refractivity (Wildman–Crippen MR) is 80.2 cm³/mol. The minimum atomic E-state index is -0.269. The number of ketones is 1. The van der Waals surface area contributed by atoms with Gasteiger partial charge in [0.15, 0.2) is 5.78 Å². The van der Waals surface area contributed by atoms with E-state index in [4.69, 9.17) is 28.5 Å². The van der Waals surface area contributed by atoms with Crippen LogP contribution in [0.25, 0.3) is 0 Å². The molecule has 5 heteroatoms. The van der Waals surface area contributed by atoms with E-state index in [1.165, 1.54) is 0 Å². The zero-order valence-corrected chi connectivity index (χ0v) is 12.8. The van der Waals surface area contributed by atoms with E-state index in [-0.39, 0.29) is 11.8 Å². The van der Waals surface area contributed by atoms with Crippen molar-refractivity contribution in [2.24, 2.45) is 0 Å². The highest BCUT2D eigenvalue weighted by Crippen LogP contribution is 2.31. The van der Waals surface area contributed by atoms with Gasteiger partial charge in [-0.3, -0.25) is 9.69 Å². The van der Waals surface area contributed by atoms with Crippen LogP contribution in [0.15, 0.2) is 18.2 Å². The van der Waals surface area contributed by atoms with Crippen LogP contribution in [0, 0.1) is 11.3 Å². The lowest BCUT2D eigenvalue weighted by Gasteiger charge is -2.27. The number of hydrogen-bond donors (Lipinski definition) is 0. The lowest BCUT2D eigenvalue weighted by molar-refractivity contribution is 0.0829. The number of nitriles is 1. The first-order valence-electron chi connectivity index (χ1n) is 6.66. The number of Topliss-reactive ketones (excluding diaryl/α,β-unsaturated/α-hetero) is 1. The molecule has 1 atom stereocenters. The molecule has 1 aliphatic carbocycles. The summed E-state index contributed by atoms with van der Waals surface area (Å²) in [4.78, 5) is 14.7. The van der Waals surface area contributed by atoms with Gasteiger partial charge in [0.2, 0.25) is 0 Å². The molecule has 20 heavy (non-hydrogen) atoms. The van der Waals surface area contributed by atoms with Crippen molar-refractivity contribution in [1.29, 1.82) is 5.26 Å². The molecule has 0 amide bonds. The standard InChI is InChI=1S/C15H16Cl2N2O/c1-10(19(8-2-7-18)12-4-5-12)15(20)13-6-3-11(16)9-14(13)17/h3,6,9-10,12H,2,4-5,8H2,1H3. The van der Waals surface area contributed by atoms with Gasteiger partial charge in [0, 0.05) is 29.6 Å². The molecule has 2 rings (SSSR count). The maximum Gasteiger partial charge on any atom is 0.181 e. The third-order valence-corrected chi connectivity index (χ3v) is 4.12. The summed E-state index contributed by atoms with van der Waals surface area (Å²) in [5.74, 6) is -0.0171. The Morgan fingerprint density at radius 3 is 2.75 bits per heavy atom. The molecule has 1 aliphatic rings. The number of carbonyl (C=O) groups is 1. The molecule has 0 saturated heterocycles. The Morgan fingerprint density at radius 1 is 1.50 bits per heavy atom. The third kappa shape index (κ3) is 3.52. The SMILES string of the molecule is CC(C(=O)c1ccc(Cl)cc1Cl)N(CCC#N)C1CC1. The van der Waals surface area contributed by atoms with E-state index < -0.39 is 0 Å². The molecular weight excluding hydrogens is 295 g/mol. The molecule has 1 fully saturated rings. The zero-order chi connectivity index (χ0) is 14.7. The Hall–Kier alpha value is -1.08. The normalized spacial score (nSPS) is 15.9. The van der Waals surface area contributed by atoms with Crippen LogP contribution in [0.4, 0.5) is 0 Å². The van der Waals surface area contributed by atoms with Crippen LogP contribution in [0.5, 0.6) is 0 Å². The van der Waals surface area contributed by atoms with Crippen molar-refractivity contribution in [1.82, 2.24) is 4.90 Å². The van der Waals surface area contributed by atoms with Gasteiger partial charge < -0.3 is 0 Å². The molecule has 1 aromatic carbocycles. The highest BCUT2D eigenvalue weighted by molar-refractivity contribution is 6.37. The van der Waals surface area contributed by atoms with Crippen LogP contribution in [-0.2, 0) is 0 Å². The molecule has 3 nitrogen and oxygen atoms in total. The topological polar surface area (TPSA) is 44.1 Å². The van der Waals surface area contributed by atoms with Crippen molar-refractivity contribution in [3.63, 3.8) is 0 Å². The van der Waals surface area contributed by atoms with Gasteiger partial charge in [0.05, 0.1) is 17.1 Å². The van der Waals surface area contributed by atoms with Crippen molar-refractivity contribution in [2.75, 3.05) is 6.54 Å². The van der Waals surface area contributed by atoms with E-state index >= 15 is 0 Å². The number of rotatable bonds is 6. The first-order valence-corrected chi connectivity index (χ1v) is 7.42. The van der Waals surface area contributed by atoms with Crippen LogP contribution in [0.3, 0.4) is 0 Å². The van der Waals surface area contributed by atoms with E-state index in [1.807, 2.05) is 6.92 Å². The molecule has 0 bridgehead atoms. The number of hydrogen-bond acceptors (Lipinski definition) is 3. The Balaban J connectivity index is 2.15. The number of carbonyl (C=O) groups excluding carboxylic acids is 1. The van der Waals surface area contributed by atoms with Crippen molar-refractivity contribution < 1.29 is 4.79 Å². The Kier molecular flexibility index (Phi) is 5.04. The Morgan fingerprint density at radius 2 is 2.20 bits per heavy atom. The highest BCUT2D eigenvalue weighted by Gasteiger charge is 2.35. The van der Waals surface area contributed by atoms with E-state index in [0.29, 0.717) is 34.6 Å². The van der Waals surface area contributed by atoms with Gasteiger partial charge in [-0.25, -0.2) is 0 Å². The van der Waals surface area contributed by atoms with Crippen LogP contribution in [0.1, 0.15) is 36.5 Å². The fourth-order valence-electron chi connectivity index (χ4n) is 2.34. The Bertz CT molecular complexity index is 549. The summed E-state index contributed by atoms with van der Waals surface area (Å²) in [7, 11) is 0. The van der Waals surface area contributed by atoms with Crippen molar-refractivity contribution in [3.8, 4) is 6.07 Å². The second kappa shape index (κ2) is 6.58. The van der Waals surface area contributed by atoms with Gasteiger partial charge in [-0.05, 0) is 38.0 Å². The van der Waals surface area contributed by atoms with Crippen LogP contribution in [-0.4, -0.2) is 29.3 Å². The van der Waals surface area contributed by atoms with Crippen molar-refractivity contribution >= 4 is 29.0 Å². The molecule has 1 unspecified atom stereocenters. The molecule has 1 aromatic rings. The van der Waals surface area contributed by atoms with Gasteiger partial charge in [-0.1, -0.05) is 23.2 Å². The fourth-order valence-corrected chi connectivity index (χ4v) is 2.84. The largest absolute Gasteiger partial charge is 0.292 e. The first-order chi connectivity index (χ1) is 9.54. The first kappa shape index (κ1) is 15.3. The quantitative estimate of drug-likeness (QED) is 0.747. The molecule has 0 aliphatic heterocycles. The second-order valence-electron chi connectivity index (χ2n) is 5.04. The molecule has 1 saturated carbocycles. The minimum absolute atomic E-state index is 0.0171. The van der Waals surface area contributed by atoms with E-state index in [2.05, 4.69) is 11.0 Å². The highest BCUT2D eigenvalue weighted by atomic mass is 35.5. The lowest BCUT2D eigenvalue weighted by atomic mass is 10.0. The Labute approximate surface area is 129 Å². The van der Waals surface area contributed by atoms with Gasteiger partial charge in [0.25, 0.3) is 0 Å². The maximum absolute atomic E-state index is 12.6. The minimum Gasteiger partial charge on any atom is -0.292 e. The summed E-state index contributed by atoms with van der Waals surface area (Å²) in [6.45, 7) is 2.50. The zero-order valence-electron chi connectivity index (χ0n) is 11.3. The van der Waals surface area contributed by atoms with Gasteiger partial charge >= 0.3 is 0 Å². The van der Waals surface area contributed by atoms with Gasteiger partial charge in [-0.15, -0.1) is 0 Å². The van der Waals surface area contributed by atoms with Gasteiger partial charge in [-0.2, -0.15) is 5.26 Å². The number of nitrogens with zero attached hydrogens (tertiary/aromatic N) is 2. The molecular formula is C15H16Cl2N2O. The van der Waals surface area contributed by atoms with Crippen molar-refractivity contribution in [3.05, 3.63) is 33.8 Å². The molecule has 0 aromatic heterocycles. The van der Waals surface area contributed by atoms with Crippen LogP contribution >= 0.6 is 23.2 Å². The monoisotopic (exact) mass is 310 g/mol. The average Bonchev–Trinajstić information content (AvgIpc) is 3.23. The van der Waals surface area contributed by atoms with Gasteiger partial charge in [0.1, 0.15) is 0 Å². The number of halogens is 2. The van der Waals surface area contributed by atoms with Crippen molar-refractivity contribution in [2.45, 2.75) is 38.3 Å². The van der Waals surface area contributed by atoms with Crippen LogP contribution < -0.4 is 0 Å². The fraction of sp³-hybridized carbons (Fsp3) is 0.467. The predicted octanol–water partition coefficient (Wildman–Crippen LogP) is 3.94. The summed E-state index contributed by atoms with van der Waals surface area (Å²) < 4.78 is 0. The number of benzene rings is 1. The molecule has 0 N–H and O–H groups in total. The maximum atomic E-state index is 12.6. The molecule has 106 valence electrons. The van der Waals surface area contributed by atoms with E-state index in [0.717, 1.165) is 12.8 Å². The summed E-state index contributed by atoms with van der Waals surface area (Å²) in [5.41, 5.74) is 0.492.